The van der Waals surface area contributed by atoms with Gasteiger partial charge in [-0.3, -0.25) is 9.59 Å². The standard InChI is InChI=1S/C22H19BO4/c24-21(26-16-18-10-4-1-5-11-18)23(20-14-8-3-9-15-20)22(25)27-17-19-12-6-2-7-13-19/h1-15H,16-17H2. The van der Waals surface area contributed by atoms with Gasteiger partial charge < -0.3 is 9.47 Å². The van der Waals surface area contributed by atoms with E-state index in [1.807, 2.05) is 66.7 Å². The van der Waals surface area contributed by atoms with Gasteiger partial charge in [-0.25, -0.2) is 0 Å². The van der Waals surface area contributed by atoms with E-state index in [9.17, 15) is 9.59 Å². The van der Waals surface area contributed by atoms with E-state index in [0.29, 0.717) is 5.46 Å². The van der Waals surface area contributed by atoms with Crippen LogP contribution in [0.25, 0.3) is 0 Å². The molecular weight excluding hydrogens is 339 g/mol. The number of rotatable bonds is 7. The molecule has 0 aliphatic rings. The van der Waals surface area contributed by atoms with Crippen molar-refractivity contribution in [1.29, 1.82) is 0 Å². The molecule has 3 rings (SSSR count). The van der Waals surface area contributed by atoms with Gasteiger partial charge in [0.25, 0.3) is 11.7 Å². The molecule has 0 amide bonds. The second kappa shape index (κ2) is 9.39. The zero-order chi connectivity index (χ0) is 18.9. The number of benzene rings is 3. The summed E-state index contributed by atoms with van der Waals surface area (Å²) in [6.07, 6.45) is 0. The summed E-state index contributed by atoms with van der Waals surface area (Å²) >= 11 is 0. The number of carbonyl (C=O) groups is 2. The van der Waals surface area contributed by atoms with E-state index in [4.69, 9.17) is 9.47 Å². The van der Waals surface area contributed by atoms with E-state index in [1.54, 1.807) is 24.3 Å². The molecule has 0 atom stereocenters. The minimum absolute atomic E-state index is 0.106. The third kappa shape index (κ3) is 5.32. The molecule has 0 saturated carbocycles. The maximum absolute atomic E-state index is 12.6. The van der Waals surface area contributed by atoms with Crippen molar-refractivity contribution >= 4 is 23.9 Å². The molecule has 0 heterocycles. The Morgan fingerprint density at radius 1 is 0.593 bits per heavy atom. The highest BCUT2D eigenvalue weighted by Gasteiger charge is 2.38. The summed E-state index contributed by atoms with van der Waals surface area (Å²) in [7, 11) is 0. The Bertz CT molecular complexity index is 811. The van der Waals surface area contributed by atoms with Gasteiger partial charge in [0.2, 0.25) is 0 Å². The first-order valence-corrected chi connectivity index (χ1v) is 8.70. The highest BCUT2D eigenvalue weighted by atomic mass is 16.5. The smallest absolute Gasteiger partial charge is 0.440 e. The summed E-state index contributed by atoms with van der Waals surface area (Å²) in [5.41, 5.74) is 2.26. The second-order valence-electron chi connectivity index (χ2n) is 6.03. The zero-order valence-electron chi connectivity index (χ0n) is 14.8. The van der Waals surface area contributed by atoms with Gasteiger partial charge in [0, 0.05) is 0 Å². The molecular formula is C22H19BO4. The van der Waals surface area contributed by atoms with Crippen molar-refractivity contribution in [2.75, 3.05) is 0 Å². The maximum atomic E-state index is 12.6. The molecule has 0 aliphatic carbocycles. The number of ether oxygens (including phenoxy) is 2. The van der Waals surface area contributed by atoms with E-state index >= 15 is 0 Å². The van der Waals surface area contributed by atoms with Crippen LogP contribution in [-0.2, 0) is 22.7 Å². The lowest BCUT2D eigenvalue weighted by Crippen LogP contribution is -2.47. The summed E-state index contributed by atoms with van der Waals surface area (Å²) in [5.74, 6) is -1.24. The van der Waals surface area contributed by atoms with Crippen molar-refractivity contribution < 1.29 is 19.1 Å². The van der Waals surface area contributed by atoms with E-state index < -0.39 is 18.5 Å². The van der Waals surface area contributed by atoms with Gasteiger partial charge in [0.05, 0.1) is 0 Å². The first kappa shape index (κ1) is 18.5. The fourth-order valence-electron chi connectivity index (χ4n) is 2.64. The molecule has 0 aliphatic heterocycles. The van der Waals surface area contributed by atoms with Crippen LogP contribution in [0.15, 0.2) is 91.0 Å². The van der Waals surface area contributed by atoms with Crippen LogP contribution < -0.4 is 5.46 Å². The summed E-state index contributed by atoms with van der Waals surface area (Å²) in [6.45, 7) is -0.900. The van der Waals surface area contributed by atoms with Crippen LogP contribution in [0.3, 0.4) is 0 Å². The second-order valence-corrected chi connectivity index (χ2v) is 6.03. The lowest BCUT2D eigenvalue weighted by molar-refractivity contribution is 0.156. The molecule has 0 aromatic heterocycles. The van der Waals surface area contributed by atoms with Gasteiger partial charge in [-0.05, 0) is 11.1 Å². The third-order valence-electron chi connectivity index (χ3n) is 4.05. The van der Waals surface area contributed by atoms with Gasteiger partial charge in [-0.1, -0.05) is 96.5 Å². The molecule has 0 N–H and O–H groups in total. The van der Waals surface area contributed by atoms with Crippen molar-refractivity contribution in [3.05, 3.63) is 102 Å². The van der Waals surface area contributed by atoms with Crippen LogP contribution in [0.5, 0.6) is 0 Å². The SMILES string of the molecule is O=C(OCc1ccccc1)B(C(=O)OCc1ccccc1)c1ccccc1. The monoisotopic (exact) mass is 358 g/mol. The number of carbonyl (C=O) groups excluding carboxylic acids is 2. The van der Waals surface area contributed by atoms with E-state index in [-0.39, 0.29) is 13.2 Å². The van der Waals surface area contributed by atoms with Gasteiger partial charge in [0.1, 0.15) is 13.2 Å². The molecule has 134 valence electrons. The molecule has 0 radical (unpaired) electrons. The minimum atomic E-state index is -1.11. The molecule has 0 saturated heterocycles. The Kier molecular flexibility index (Phi) is 6.42. The summed E-state index contributed by atoms with van der Waals surface area (Å²) < 4.78 is 10.8. The number of hydrogen-bond donors (Lipinski definition) is 0. The van der Waals surface area contributed by atoms with Crippen molar-refractivity contribution in [2.24, 2.45) is 0 Å². The lowest BCUT2D eigenvalue weighted by Gasteiger charge is -2.13. The normalized spacial score (nSPS) is 10.1. The molecule has 3 aromatic carbocycles. The van der Waals surface area contributed by atoms with Crippen LogP contribution in [0.1, 0.15) is 11.1 Å². The van der Waals surface area contributed by atoms with Crippen molar-refractivity contribution in [2.45, 2.75) is 13.2 Å². The van der Waals surface area contributed by atoms with Gasteiger partial charge in [-0.2, -0.15) is 0 Å². The molecule has 27 heavy (non-hydrogen) atoms. The van der Waals surface area contributed by atoms with E-state index in [2.05, 4.69) is 0 Å². The van der Waals surface area contributed by atoms with Gasteiger partial charge >= 0.3 is 6.71 Å². The molecule has 0 spiro atoms. The fourth-order valence-corrected chi connectivity index (χ4v) is 2.64. The van der Waals surface area contributed by atoms with Gasteiger partial charge in [-0.15, -0.1) is 0 Å². The topological polar surface area (TPSA) is 52.6 Å². The van der Waals surface area contributed by atoms with Crippen LogP contribution in [0.4, 0.5) is 9.59 Å². The highest BCUT2D eigenvalue weighted by Crippen LogP contribution is 2.07. The Morgan fingerprint density at radius 2 is 0.963 bits per heavy atom. The average Bonchev–Trinajstić information content (AvgIpc) is 2.73. The molecule has 0 fully saturated rings. The first-order valence-electron chi connectivity index (χ1n) is 8.70. The van der Waals surface area contributed by atoms with Crippen LogP contribution in [0, 0.1) is 0 Å². The Morgan fingerprint density at radius 3 is 1.37 bits per heavy atom. The molecule has 5 heteroatoms. The average molecular weight is 358 g/mol. The fraction of sp³-hybridized carbons (Fsp3) is 0.0909. The predicted molar refractivity (Wildman–Crippen MR) is 105 cm³/mol. The number of hydrogen-bond acceptors (Lipinski definition) is 4. The Labute approximate surface area is 158 Å². The largest absolute Gasteiger partial charge is 0.468 e. The third-order valence-corrected chi connectivity index (χ3v) is 4.05. The van der Waals surface area contributed by atoms with E-state index in [0.717, 1.165) is 11.1 Å². The Hall–Kier alpha value is -3.34. The van der Waals surface area contributed by atoms with Crippen LogP contribution >= 0.6 is 0 Å². The summed E-state index contributed by atoms with van der Waals surface area (Å²) in [6, 6.07) is 27.5. The summed E-state index contributed by atoms with van der Waals surface area (Å²) in [4.78, 5) is 25.3. The van der Waals surface area contributed by atoms with Crippen LogP contribution in [0.2, 0.25) is 0 Å². The predicted octanol–water partition coefficient (Wildman–Crippen LogP) is 4.23. The maximum Gasteiger partial charge on any atom is 0.440 e. The Balaban J connectivity index is 1.70. The van der Waals surface area contributed by atoms with Crippen molar-refractivity contribution in [1.82, 2.24) is 0 Å². The molecule has 0 unspecified atom stereocenters. The van der Waals surface area contributed by atoms with Crippen molar-refractivity contribution in [3.8, 4) is 0 Å². The minimum Gasteiger partial charge on any atom is -0.468 e. The lowest BCUT2D eigenvalue weighted by atomic mass is 9.45. The molecule has 0 bridgehead atoms. The van der Waals surface area contributed by atoms with Crippen molar-refractivity contribution in [3.63, 3.8) is 0 Å². The quantitative estimate of drug-likeness (QED) is 0.594. The highest BCUT2D eigenvalue weighted by molar-refractivity contribution is 7.17. The van der Waals surface area contributed by atoms with Gasteiger partial charge in [0.15, 0.2) is 0 Å². The zero-order valence-corrected chi connectivity index (χ0v) is 14.8. The van der Waals surface area contributed by atoms with E-state index in [1.165, 1.54) is 0 Å². The molecule has 4 nitrogen and oxygen atoms in total. The summed E-state index contributed by atoms with van der Waals surface area (Å²) in [5, 5.41) is 0. The molecule has 3 aromatic rings. The first-order chi connectivity index (χ1) is 13.2. The van der Waals surface area contributed by atoms with Crippen LogP contribution in [-0.4, -0.2) is 18.5 Å².